The summed E-state index contributed by atoms with van der Waals surface area (Å²) in [5.74, 6) is 0.481. The molecule has 1 aromatic carbocycles. The van der Waals surface area contributed by atoms with Crippen LogP contribution < -0.4 is 4.90 Å². The molecule has 0 fully saturated rings. The predicted molar refractivity (Wildman–Crippen MR) is 70.3 cm³/mol. The summed E-state index contributed by atoms with van der Waals surface area (Å²) in [6, 6.07) is 9.04. The standard InChI is InChI=1S/C15H17NO/c17-11-5-10-16-14-8-3-1-6-12(14)13-7-2-4-9-15(13)16/h1-4,6-9,12,14,17H,5,10-11H2. The first-order valence-corrected chi connectivity index (χ1v) is 6.23. The quantitative estimate of drug-likeness (QED) is 0.857. The van der Waals surface area contributed by atoms with E-state index in [2.05, 4.69) is 53.5 Å². The summed E-state index contributed by atoms with van der Waals surface area (Å²) in [6.45, 7) is 1.18. The van der Waals surface area contributed by atoms with Crippen LogP contribution in [0, 0.1) is 0 Å². The fraction of sp³-hybridized carbons (Fsp3) is 0.333. The molecule has 0 saturated carbocycles. The monoisotopic (exact) mass is 227 g/mol. The number of nitrogens with zero attached hydrogens (tertiary/aromatic N) is 1. The van der Waals surface area contributed by atoms with E-state index in [1.165, 1.54) is 11.3 Å². The lowest BCUT2D eigenvalue weighted by Crippen LogP contribution is -2.33. The lowest BCUT2D eigenvalue weighted by Gasteiger charge is -2.28. The molecule has 88 valence electrons. The number of hydrogen-bond acceptors (Lipinski definition) is 2. The lowest BCUT2D eigenvalue weighted by molar-refractivity contribution is 0.289. The van der Waals surface area contributed by atoms with E-state index >= 15 is 0 Å². The van der Waals surface area contributed by atoms with E-state index in [1.807, 2.05) is 0 Å². The molecule has 1 aliphatic heterocycles. The SMILES string of the molecule is OCCCN1c2ccccc2C2C=CC=CC21. The third kappa shape index (κ3) is 1.69. The van der Waals surface area contributed by atoms with Crippen molar-refractivity contribution in [3.05, 3.63) is 54.1 Å². The number of hydrogen-bond donors (Lipinski definition) is 1. The van der Waals surface area contributed by atoms with Crippen molar-refractivity contribution >= 4 is 5.69 Å². The second-order valence-corrected chi connectivity index (χ2v) is 4.62. The largest absolute Gasteiger partial charge is 0.396 e. The molecule has 1 aliphatic carbocycles. The van der Waals surface area contributed by atoms with Gasteiger partial charge in [0.2, 0.25) is 0 Å². The number of aliphatic hydroxyl groups is 1. The topological polar surface area (TPSA) is 23.5 Å². The molecule has 0 amide bonds. The van der Waals surface area contributed by atoms with Crippen LogP contribution in [0.1, 0.15) is 17.9 Å². The van der Waals surface area contributed by atoms with E-state index in [0.717, 1.165) is 13.0 Å². The van der Waals surface area contributed by atoms with Gasteiger partial charge in [-0.05, 0) is 18.1 Å². The number of para-hydroxylation sites is 1. The third-order valence-corrected chi connectivity index (χ3v) is 3.63. The van der Waals surface area contributed by atoms with Gasteiger partial charge >= 0.3 is 0 Å². The highest BCUT2D eigenvalue weighted by Crippen LogP contribution is 2.43. The van der Waals surface area contributed by atoms with Crippen LogP contribution in [0.4, 0.5) is 5.69 Å². The molecule has 2 atom stereocenters. The van der Waals surface area contributed by atoms with Crippen molar-refractivity contribution in [2.24, 2.45) is 0 Å². The molecular formula is C15H17NO. The summed E-state index contributed by atoms with van der Waals surface area (Å²) in [7, 11) is 0. The zero-order valence-corrected chi connectivity index (χ0v) is 9.79. The van der Waals surface area contributed by atoms with Gasteiger partial charge in [0.05, 0.1) is 6.04 Å². The molecule has 0 bridgehead atoms. The molecule has 0 aromatic heterocycles. The van der Waals surface area contributed by atoms with Crippen molar-refractivity contribution < 1.29 is 5.11 Å². The normalized spacial score (nSPS) is 24.9. The molecule has 17 heavy (non-hydrogen) atoms. The minimum Gasteiger partial charge on any atom is -0.396 e. The van der Waals surface area contributed by atoms with Crippen LogP contribution in [0.15, 0.2) is 48.6 Å². The Balaban J connectivity index is 1.98. The van der Waals surface area contributed by atoms with Crippen molar-refractivity contribution in [3.63, 3.8) is 0 Å². The number of anilines is 1. The third-order valence-electron chi connectivity index (χ3n) is 3.63. The molecule has 0 saturated heterocycles. The van der Waals surface area contributed by atoms with E-state index in [1.54, 1.807) is 0 Å². The lowest BCUT2D eigenvalue weighted by atomic mass is 9.91. The highest BCUT2D eigenvalue weighted by Gasteiger charge is 2.35. The number of benzene rings is 1. The summed E-state index contributed by atoms with van der Waals surface area (Å²) in [6.07, 6.45) is 9.63. The Bertz CT molecular complexity index is 464. The first-order chi connectivity index (χ1) is 8.42. The van der Waals surface area contributed by atoms with Crippen molar-refractivity contribution in [2.45, 2.75) is 18.4 Å². The highest BCUT2D eigenvalue weighted by atomic mass is 16.3. The van der Waals surface area contributed by atoms with Crippen molar-refractivity contribution in [2.75, 3.05) is 18.1 Å². The maximum absolute atomic E-state index is 9.01. The van der Waals surface area contributed by atoms with Crippen LogP contribution in [0.25, 0.3) is 0 Å². The first kappa shape index (κ1) is 10.6. The van der Waals surface area contributed by atoms with Gasteiger partial charge in [-0.3, -0.25) is 0 Å². The van der Waals surface area contributed by atoms with Gasteiger partial charge in [0, 0.05) is 24.8 Å². The Hall–Kier alpha value is -1.54. The fourth-order valence-corrected chi connectivity index (χ4v) is 2.88. The maximum Gasteiger partial charge on any atom is 0.0580 e. The van der Waals surface area contributed by atoms with Gasteiger partial charge in [-0.15, -0.1) is 0 Å². The minimum atomic E-state index is 0.260. The summed E-state index contributed by atoms with van der Waals surface area (Å²) >= 11 is 0. The molecule has 0 spiro atoms. The second-order valence-electron chi connectivity index (χ2n) is 4.62. The minimum absolute atomic E-state index is 0.260. The average Bonchev–Trinajstić information content (AvgIpc) is 2.71. The summed E-state index contributed by atoms with van der Waals surface area (Å²) in [5.41, 5.74) is 2.74. The van der Waals surface area contributed by atoms with Gasteiger partial charge in [-0.1, -0.05) is 42.5 Å². The van der Waals surface area contributed by atoms with Gasteiger partial charge in [-0.25, -0.2) is 0 Å². The molecule has 2 heteroatoms. The average molecular weight is 227 g/mol. The maximum atomic E-state index is 9.01. The van der Waals surface area contributed by atoms with Gasteiger partial charge in [0.1, 0.15) is 0 Å². The van der Waals surface area contributed by atoms with Gasteiger partial charge < -0.3 is 10.0 Å². The van der Waals surface area contributed by atoms with Crippen LogP contribution in [-0.4, -0.2) is 24.3 Å². The number of fused-ring (bicyclic) bond motifs is 3. The van der Waals surface area contributed by atoms with Gasteiger partial charge in [0.15, 0.2) is 0 Å². The summed E-state index contributed by atoms with van der Waals surface area (Å²) in [4.78, 5) is 2.41. The van der Waals surface area contributed by atoms with Crippen LogP contribution in [0.3, 0.4) is 0 Å². The van der Waals surface area contributed by atoms with E-state index in [0.29, 0.717) is 12.0 Å². The Labute approximate surface area is 102 Å². The Kier molecular flexibility index (Phi) is 2.73. The van der Waals surface area contributed by atoms with Crippen molar-refractivity contribution in [3.8, 4) is 0 Å². The van der Waals surface area contributed by atoms with E-state index < -0.39 is 0 Å². The van der Waals surface area contributed by atoms with Crippen LogP contribution in [-0.2, 0) is 0 Å². The summed E-state index contributed by atoms with van der Waals surface area (Å²) in [5, 5.41) is 9.01. The summed E-state index contributed by atoms with van der Waals surface area (Å²) < 4.78 is 0. The molecule has 2 aliphatic rings. The Morgan fingerprint density at radius 1 is 1.12 bits per heavy atom. The molecule has 1 aromatic rings. The molecule has 1 N–H and O–H groups in total. The molecule has 0 radical (unpaired) electrons. The van der Waals surface area contributed by atoms with Crippen molar-refractivity contribution in [1.29, 1.82) is 0 Å². The smallest absolute Gasteiger partial charge is 0.0580 e. The second kappa shape index (κ2) is 4.38. The number of allylic oxidation sites excluding steroid dienone is 2. The Morgan fingerprint density at radius 2 is 1.94 bits per heavy atom. The molecule has 1 heterocycles. The Morgan fingerprint density at radius 3 is 2.82 bits per heavy atom. The predicted octanol–water partition coefficient (Wildman–Crippen LogP) is 2.47. The van der Waals surface area contributed by atoms with E-state index in [-0.39, 0.29) is 6.61 Å². The molecule has 2 nitrogen and oxygen atoms in total. The first-order valence-electron chi connectivity index (χ1n) is 6.23. The number of aliphatic hydroxyl groups excluding tert-OH is 1. The number of rotatable bonds is 3. The fourth-order valence-electron chi connectivity index (χ4n) is 2.88. The van der Waals surface area contributed by atoms with Gasteiger partial charge in [0.25, 0.3) is 0 Å². The zero-order chi connectivity index (χ0) is 11.7. The van der Waals surface area contributed by atoms with Crippen LogP contribution in [0.2, 0.25) is 0 Å². The van der Waals surface area contributed by atoms with Gasteiger partial charge in [-0.2, -0.15) is 0 Å². The molecular weight excluding hydrogens is 210 g/mol. The zero-order valence-electron chi connectivity index (χ0n) is 9.79. The molecule has 2 unspecified atom stereocenters. The highest BCUT2D eigenvalue weighted by molar-refractivity contribution is 5.65. The van der Waals surface area contributed by atoms with Crippen molar-refractivity contribution in [1.82, 2.24) is 0 Å². The molecule has 3 rings (SSSR count). The van der Waals surface area contributed by atoms with E-state index in [4.69, 9.17) is 5.11 Å². The van der Waals surface area contributed by atoms with Crippen LogP contribution >= 0.6 is 0 Å². The van der Waals surface area contributed by atoms with Crippen LogP contribution in [0.5, 0.6) is 0 Å². The van der Waals surface area contributed by atoms with E-state index in [9.17, 15) is 0 Å².